The molecule has 0 atom stereocenters. The molecule has 0 bridgehead atoms. The van der Waals surface area contributed by atoms with Crippen LogP contribution in [0.4, 0.5) is 5.69 Å². The summed E-state index contributed by atoms with van der Waals surface area (Å²) in [6, 6.07) is 8.31. The molecule has 0 radical (unpaired) electrons. The molecular formula is C16H18N2. The molecule has 0 amide bonds. The van der Waals surface area contributed by atoms with Crippen molar-refractivity contribution in [3.63, 3.8) is 0 Å². The summed E-state index contributed by atoms with van der Waals surface area (Å²) in [6.07, 6.45) is 7.52. The van der Waals surface area contributed by atoms with Crippen LogP contribution in [0.1, 0.15) is 13.8 Å². The Hall–Kier alpha value is -2.09. The van der Waals surface area contributed by atoms with Gasteiger partial charge in [-0.15, -0.1) is 0 Å². The van der Waals surface area contributed by atoms with Crippen molar-refractivity contribution in [2.75, 3.05) is 5.32 Å². The van der Waals surface area contributed by atoms with E-state index in [1.807, 2.05) is 30.6 Å². The Kier molecular flexibility index (Phi) is 3.78. The average molecular weight is 238 g/mol. The molecule has 92 valence electrons. The molecule has 0 unspecified atom stereocenters. The van der Waals surface area contributed by atoms with Crippen LogP contribution in [0.5, 0.6) is 0 Å². The van der Waals surface area contributed by atoms with Crippen molar-refractivity contribution < 1.29 is 0 Å². The van der Waals surface area contributed by atoms with Gasteiger partial charge in [-0.3, -0.25) is 4.98 Å². The second kappa shape index (κ2) is 5.50. The maximum absolute atomic E-state index is 4.12. The van der Waals surface area contributed by atoms with Crippen LogP contribution in [0, 0.1) is 5.92 Å². The first-order valence-electron chi connectivity index (χ1n) is 6.14. The number of hydrogen-bond donors (Lipinski definition) is 1. The first-order valence-corrected chi connectivity index (χ1v) is 6.14. The van der Waals surface area contributed by atoms with Gasteiger partial charge in [0.15, 0.2) is 0 Å². The van der Waals surface area contributed by atoms with Crippen LogP contribution in [0.25, 0.3) is 10.8 Å². The summed E-state index contributed by atoms with van der Waals surface area (Å²) >= 11 is 0. The molecular weight excluding hydrogens is 220 g/mol. The zero-order valence-electron chi connectivity index (χ0n) is 10.9. The highest BCUT2D eigenvalue weighted by Gasteiger charge is 2.03. The molecule has 18 heavy (non-hydrogen) atoms. The maximum atomic E-state index is 4.12. The van der Waals surface area contributed by atoms with Gasteiger partial charge in [-0.2, -0.15) is 0 Å². The smallest absolute Gasteiger partial charge is 0.0388 e. The average Bonchev–Trinajstić information content (AvgIpc) is 2.38. The lowest BCUT2D eigenvalue weighted by Crippen LogP contribution is -2.05. The van der Waals surface area contributed by atoms with Crippen LogP contribution in [0.15, 0.2) is 61.1 Å². The van der Waals surface area contributed by atoms with Gasteiger partial charge in [-0.25, -0.2) is 0 Å². The van der Waals surface area contributed by atoms with Crippen molar-refractivity contribution in [1.29, 1.82) is 0 Å². The predicted molar refractivity (Wildman–Crippen MR) is 78.5 cm³/mol. The Morgan fingerprint density at radius 3 is 2.83 bits per heavy atom. The topological polar surface area (TPSA) is 24.9 Å². The minimum absolute atomic E-state index is 0.441. The van der Waals surface area contributed by atoms with Crippen LogP contribution in [0.3, 0.4) is 0 Å². The molecule has 1 aromatic carbocycles. The monoisotopic (exact) mass is 238 g/mol. The Morgan fingerprint density at radius 2 is 2.11 bits per heavy atom. The molecule has 0 aliphatic rings. The molecule has 2 heteroatoms. The second-order valence-corrected chi connectivity index (χ2v) is 4.58. The molecule has 0 saturated heterocycles. The van der Waals surface area contributed by atoms with Gasteiger partial charge in [0.2, 0.25) is 0 Å². The van der Waals surface area contributed by atoms with Crippen molar-refractivity contribution in [3.8, 4) is 0 Å². The number of anilines is 1. The zero-order chi connectivity index (χ0) is 13.0. The van der Waals surface area contributed by atoms with Crippen molar-refractivity contribution in [3.05, 3.63) is 61.1 Å². The standard InChI is InChI=1S/C16H18N2/c1-4-5-16(12(2)3)18-15-7-6-14-11-17-9-8-13(14)10-15/h4-12,18H,1H2,2-3H3/b16-5+. The first kappa shape index (κ1) is 12.4. The first-order chi connectivity index (χ1) is 8.70. The van der Waals surface area contributed by atoms with E-state index < -0.39 is 0 Å². The second-order valence-electron chi connectivity index (χ2n) is 4.58. The number of benzene rings is 1. The third-order valence-corrected chi connectivity index (χ3v) is 2.85. The number of pyridine rings is 1. The quantitative estimate of drug-likeness (QED) is 0.800. The van der Waals surface area contributed by atoms with E-state index in [0.29, 0.717) is 5.92 Å². The van der Waals surface area contributed by atoms with Gasteiger partial charge in [0.1, 0.15) is 0 Å². The van der Waals surface area contributed by atoms with E-state index in [0.717, 1.165) is 11.1 Å². The van der Waals surface area contributed by atoms with E-state index in [1.54, 1.807) is 0 Å². The lowest BCUT2D eigenvalue weighted by Gasteiger charge is -2.14. The fourth-order valence-electron chi connectivity index (χ4n) is 1.83. The molecule has 2 aromatic rings. The van der Waals surface area contributed by atoms with E-state index in [4.69, 9.17) is 0 Å². The fraction of sp³-hybridized carbons (Fsp3) is 0.188. The summed E-state index contributed by atoms with van der Waals surface area (Å²) in [4.78, 5) is 4.12. The van der Waals surface area contributed by atoms with Gasteiger partial charge >= 0.3 is 0 Å². The van der Waals surface area contributed by atoms with Gasteiger partial charge in [0.05, 0.1) is 0 Å². The summed E-state index contributed by atoms with van der Waals surface area (Å²) in [5.41, 5.74) is 2.26. The fourth-order valence-corrected chi connectivity index (χ4v) is 1.83. The molecule has 0 spiro atoms. The van der Waals surface area contributed by atoms with E-state index >= 15 is 0 Å². The van der Waals surface area contributed by atoms with Crippen LogP contribution < -0.4 is 5.32 Å². The van der Waals surface area contributed by atoms with Crippen LogP contribution in [0.2, 0.25) is 0 Å². The number of nitrogens with zero attached hydrogens (tertiary/aromatic N) is 1. The van der Waals surface area contributed by atoms with Crippen LogP contribution in [-0.2, 0) is 0 Å². The highest BCUT2D eigenvalue weighted by molar-refractivity contribution is 5.85. The summed E-state index contributed by atoms with van der Waals surface area (Å²) in [7, 11) is 0. The van der Waals surface area contributed by atoms with Crippen molar-refractivity contribution in [2.45, 2.75) is 13.8 Å². The summed E-state index contributed by atoms with van der Waals surface area (Å²) in [5.74, 6) is 0.441. The van der Waals surface area contributed by atoms with Gasteiger partial charge < -0.3 is 5.32 Å². The molecule has 0 saturated carbocycles. The molecule has 2 rings (SSSR count). The number of fused-ring (bicyclic) bond motifs is 1. The van der Waals surface area contributed by atoms with Crippen LogP contribution >= 0.6 is 0 Å². The normalized spacial score (nSPS) is 11.8. The van der Waals surface area contributed by atoms with Gasteiger partial charge in [0.25, 0.3) is 0 Å². The van der Waals surface area contributed by atoms with Gasteiger partial charge in [-0.1, -0.05) is 32.6 Å². The largest absolute Gasteiger partial charge is 0.359 e. The minimum atomic E-state index is 0.441. The predicted octanol–water partition coefficient (Wildman–Crippen LogP) is 4.37. The van der Waals surface area contributed by atoms with E-state index in [-0.39, 0.29) is 0 Å². The molecule has 0 fully saturated rings. The lowest BCUT2D eigenvalue weighted by molar-refractivity contribution is 0.775. The third-order valence-electron chi connectivity index (χ3n) is 2.85. The summed E-state index contributed by atoms with van der Waals surface area (Å²) < 4.78 is 0. The number of nitrogens with one attached hydrogen (secondary N) is 1. The molecule has 0 aliphatic heterocycles. The van der Waals surface area contributed by atoms with Gasteiger partial charge in [-0.05, 0) is 35.6 Å². The number of rotatable bonds is 4. The van der Waals surface area contributed by atoms with E-state index in [1.165, 1.54) is 11.1 Å². The van der Waals surface area contributed by atoms with E-state index in [2.05, 4.69) is 48.9 Å². The number of allylic oxidation sites excluding steroid dienone is 3. The minimum Gasteiger partial charge on any atom is -0.359 e. The Balaban J connectivity index is 2.31. The Labute approximate surface area is 108 Å². The Bertz CT molecular complexity index is 582. The van der Waals surface area contributed by atoms with Gasteiger partial charge in [0, 0.05) is 29.2 Å². The molecule has 0 aliphatic carbocycles. The lowest BCUT2D eigenvalue weighted by atomic mass is 10.1. The molecule has 2 nitrogen and oxygen atoms in total. The highest BCUT2D eigenvalue weighted by atomic mass is 14.9. The van der Waals surface area contributed by atoms with Crippen molar-refractivity contribution in [2.24, 2.45) is 5.92 Å². The highest BCUT2D eigenvalue weighted by Crippen LogP contribution is 2.21. The van der Waals surface area contributed by atoms with Crippen LogP contribution in [-0.4, -0.2) is 4.98 Å². The SMILES string of the molecule is C=C/C=C(/Nc1ccc2cnccc2c1)C(C)C. The number of hydrogen-bond acceptors (Lipinski definition) is 2. The molecule has 1 heterocycles. The zero-order valence-corrected chi connectivity index (χ0v) is 10.9. The third kappa shape index (κ3) is 2.77. The summed E-state index contributed by atoms with van der Waals surface area (Å²) in [5, 5.41) is 5.79. The molecule has 1 N–H and O–H groups in total. The number of aromatic nitrogens is 1. The molecule has 1 aromatic heterocycles. The maximum Gasteiger partial charge on any atom is 0.0388 e. The van der Waals surface area contributed by atoms with Crippen molar-refractivity contribution >= 4 is 16.5 Å². The van der Waals surface area contributed by atoms with E-state index in [9.17, 15) is 0 Å². The van der Waals surface area contributed by atoms with Crippen molar-refractivity contribution in [1.82, 2.24) is 4.98 Å². The summed E-state index contributed by atoms with van der Waals surface area (Å²) in [6.45, 7) is 8.07. The Morgan fingerprint density at radius 1 is 1.28 bits per heavy atom.